The number of likely N-dealkylation sites (tertiary alicyclic amines) is 1. The van der Waals surface area contributed by atoms with E-state index in [1.54, 1.807) is 23.2 Å². The Hall–Kier alpha value is -3.00. The van der Waals surface area contributed by atoms with Gasteiger partial charge in [-0.05, 0) is 103 Å². The quantitative estimate of drug-likeness (QED) is 0.303. The van der Waals surface area contributed by atoms with Crippen LogP contribution in [0.2, 0.25) is 0 Å². The molecule has 7 nitrogen and oxygen atoms in total. The molecule has 3 aliphatic rings. The number of hydrogen-bond acceptors (Lipinski definition) is 6. The van der Waals surface area contributed by atoms with Crippen LogP contribution < -0.4 is 4.90 Å². The summed E-state index contributed by atoms with van der Waals surface area (Å²) < 4.78 is 5.57. The van der Waals surface area contributed by atoms with Crippen LogP contribution >= 0.6 is 11.3 Å². The maximum Gasteiger partial charge on any atom is 0.410 e. The predicted molar refractivity (Wildman–Crippen MR) is 165 cm³/mol. The van der Waals surface area contributed by atoms with Crippen molar-refractivity contribution in [3.8, 4) is 0 Å². The van der Waals surface area contributed by atoms with Crippen LogP contribution in [0.1, 0.15) is 87.4 Å². The van der Waals surface area contributed by atoms with Crippen molar-refractivity contribution in [3.05, 3.63) is 51.4 Å². The third-order valence-electron chi connectivity index (χ3n) is 8.77. The van der Waals surface area contributed by atoms with Crippen LogP contribution in [0.4, 0.5) is 9.80 Å². The average Bonchev–Trinajstić information content (AvgIpc) is 3.08. The van der Waals surface area contributed by atoms with Crippen LogP contribution in [0.25, 0.3) is 0 Å². The van der Waals surface area contributed by atoms with Gasteiger partial charge in [-0.25, -0.2) is 4.79 Å². The van der Waals surface area contributed by atoms with Gasteiger partial charge in [0.05, 0.1) is 5.71 Å². The van der Waals surface area contributed by atoms with Crippen LogP contribution in [0.3, 0.4) is 0 Å². The minimum absolute atomic E-state index is 0.177. The summed E-state index contributed by atoms with van der Waals surface area (Å²) in [5, 5.41) is 18.0. The van der Waals surface area contributed by atoms with Gasteiger partial charge in [0.25, 0.3) is 0 Å². The molecule has 1 aliphatic carbocycles. The summed E-state index contributed by atoms with van der Waals surface area (Å²) in [5.41, 5.74) is 5.50. The fraction of sp³-hybridized carbons (Fsp3) is 0.562. The van der Waals surface area contributed by atoms with Crippen molar-refractivity contribution in [2.24, 2.45) is 16.3 Å². The van der Waals surface area contributed by atoms with E-state index in [2.05, 4.69) is 38.1 Å². The second-order valence-electron chi connectivity index (χ2n) is 13.1. The summed E-state index contributed by atoms with van der Waals surface area (Å²) >= 11 is 1.64. The SMILES string of the molecule is CC(=N)N1C(=N)C(C)N=C(c2ccc(CC3CC4(CCN(C(=O)OC(C)(C)C)CC4)C3)cc2)c2c1sc(C)c2C. The molecule has 2 aromatic rings. The molecule has 0 bridgehead atoms. The highest BCUT2D eigenvalue weighted by atomic mass is 32.1. The summed E-state index contributed by atoms with van der Waals surface area (Å²) in [5.74, 6) is 1.38. The van der Waals surface area contributed by atoms with E-state index in [1.807, 2.05) is 32.6 Å². The number of thiophene rings is 1. The number of carbonyl (C=O) groups is 1. The topological polar surface area (TPSA) is 92.8 Å². The molecular weight excluding hydrogens is 518 g/mol. The minimum Gasteiger partial charge on any atom is -0.444 e. The third-order valence-corrected chi connectivity index (χ3v) is 9.96. The number of piperidine rings is 1. The van der Waals surface area contributed by atoms with Crippen molar-refractivity contribution in [2.75, 3.05) is 18.0 Å². The van der Waals surface area contributed by atoms with E-state index in [1.165, 1.54) is 28.8 Å². The van der Waals surface area contributed by atoms with Gasteiger partial charge in [0.15, 0.2) is 0 Å². The molecular formula is C32H43N5O2S. The van der Waals surface area contributed by atoms with E-state index < -0.39 is 5.60 Å². The molecule has 8 heteroatoms. The van der Waals surface area contributed by atoms with Gasteiger partial charge in [0, 0.05) is 29.1 Å². The lowest BCUT2D eigenvalue weighted by Crippen LogP contribution is -2.50. The lowest BCUT2D eigenvalue weighted by Gasteiger charge is -2.52. The molecule has 1 aromatic heterocycles. The number of anilines is 1. The first-order valence-corrected chi connectivity index (χ1v) is 15.3. The Morgan fingerprint density at radius 2 is 1.77 bits per heavy atom. The van der Waals surface area contributed by atoms with Gasteiger partial charge >= 0.3 is 6.09 Å². The molecule has 1 atom stereocenters. The van der Waals surface area contributed by atoms with E-state index in [0.29, 0.717) is 23.0 Å². The van der Waals surface area contributed by atoms with Crippen LogP contribution in [0.5, 0.6) is 0 Å². The van der Waals surface area contributed by atoms with Crippen molar-refractivity contribution in [2.45, 2.75) is 92.2 Å². The first kappa shape index (κ1) is 28.5. The van der Waals surface area contributed by atoms with Crippen LogP contribution in [0, 0.1) is 36.0 Å². The standard InChI is InChI=1S/C32H43N5O2S/c1-19-21(3)40-29-26(19)27(35-20(2)28(34)37(29)22(4)33)25-10-8-23(9-11-25)16-24-17-32(18-24)12-14-36(15-13-32)30(38)39-31(5,6)7/h8-11,20,24,33-34H,12-18H2,1-7H3. The number of fused-ring (bicyclic) bond motifs is 1. The average molecular weight is 562 g/mol. The number of rotatable bonds is 3. The van der Waals surface area contributed by atoms with E-state index in [0.717, 1.165) is 54.2 Å². The Bertz CT molecular complexity index is 1350. The molecule has 1 amide bonds. The van der Waals surface area contributed by atoms with Gasteiger partial charge in [0.1, 0.15) is 28.3 Å². The lowest BCUT2D eigenvalue weighted by molar-refractivity contribution is -0.0269. The highest BCUT2D eigenvalue weighted by molar-refractivity contribution is 7.17. The second-order valence-corrected chi connectivity index (χ2v) is 14.3. The van der Waals surface area contributed by atoms with Crippen LogP contribution in [0.15, 0.2) is 29.3 Å². The van der Waals surface area contributed by atoms with Gasteiger partial charge in [-0.1, -0.05) is 24.3 Å². The number of aliphatic imine (C=N–C) groups is 1. The number of nitrogens with one attached hydrogen (secondary N) is 2. The molecule has 2 fully saturated rings. The minimum atomic E-state index is -0.447. The smallest absolute Gasteiger partial charge is 0.410 e. The third kappa shape index (κ3) is 5.47. The van der Waals surface area contributed by atoms with E-state index in [4.69, 9.17) is 20.5 Å². The number of carbonyl (C=O) groups excluding carboxylic acids is 1. The summed E-state index contributed by atoms with van der Waals surface area (Å²) in [6, 6.07) is 8.51. The monoisotopic (exact) mass is 561 g/mol. The van der Waals surface area contributed by atoms with Gasteiger partial charge in [-0.2, -0.15) is 0 Å². The highest BCUT2D eigenvalue weighted by Crippen LogP contribution is 2.53. The molecule has 3 heterocycles. The number of amidine groups is 2. The van der Waals surface area contributed by atoms with E-state index in [9.17, 15) is 4.79 Å². The maximum absolute atomic E-state index is 12.4. The van der Waals surface area contributed by atoms with Crippen molar-refractivity contribution in [1.82, 2.24) is 4.90 Å². The second kappa shape index (κ2) is 10.4. The Morgan fingerprint density at radius 3 is 2.35 bits per heavy atom. The summed E-state index contributed by atoms with van der Waals surface area (Å²) in [6.45, 7) is 15.3. The summed E-state index contributed by atoms with van der Waals surface area (Å²) in [7, 11) is 0. The zero-order valence-corrected chi connectivity index (χ0v) is 25.8. The fourth-order valence-corrected chi connectivity index (χ4v) is 7.78. The number of benzene rings is 1. The zero-order valence-electron chi connectivity index (χ0n) is 25.0. The molecule has 1 saturated heterocycles. The molecule has 1 saturated carbocycles. The molecule has 214 valence electrons. The Kier molecular flexibility index (Phi) is 7.44. The molecule has 1 unspecified atom stereocenters. The number of nitrogens with zero attached hydrogens (tertiary/aromatic N) is 3. The van der Waals surface area contributed by atoms with Crippen molar-refractivity contribution in [1.29, 1.82) is 10.8 Å². The normalized spacial score (nSPS) is 21.0. The van der Waals surface area contributed by atoms with Crippen LogP contribution in [-0.4, -0.2) is 53.1 Å². The molecule has 0 radical (unpaired) electrons. The Labute approximate surface area is 242 Å². The maximum atomic E-state index is 12.4. The largest absolute Gasteiger partial charge is 0.444 e. The summed E-state index contributed by atoms with van der Waals surface area (Å²) in [6.07, 6.45) is 5.51. The first-order chi connectivity index (χ1) is 18.8. The van der Waals surface area contributed by atoms with Gasteiger partial charge in [-0.3, -0.25) is 20.7 Å². The number of ether oxygens (including phenoxy) is 1. The molecule has 2 N–H and O–H groups in total. The summed E-state index contributed by atoms with van der Waals surface area (Å²) in [4.78, 5) is 22.3. The molecule has 40 heavy (non-hydrogen) atoms. The lowest BCUT2D eigenvalue weighted by atomic mass is 9.56. The van der Waals surface area contributed by atoms with E-state index in [-0.39, 0.29) is 12.1 Å². The van der Waals surface area contributed by atoms with Crippen molar-refractivity contribution >= 4 is 39.8 Å². The van der Waals surface area contributed by atoms with Gasteiger partial charge in [-0.15, -0.1) is 11.3 Å². The number of aryl methyl sites for hydroxylation is 1. The molecule has 2 aliphatic heterocycles. The molecule has 1 aromatic carbocycles. The number of hydrogen-bond donors (Lipinski definition) is 2. The first-order valence-electron chi connectivity index (χ1n) is 14.5. The van der Waals surface area contributed by atoms with Crippen molar-refractivity contribution < 1.29 is 9.53 Å². The zero-order chi connectivity index (χ0) is 29.0. The van der Waals surface area contributed by atoms with E-state index >= 15 is 0 Å². The fourth-order valence-electron chi connectivity index (χ4n) is 6.55. The van der Waals surface area contributed by atoms with Crippen molar-refractivity contribution in [3.63, 3.8) is 0 Å². The molecule has 1 spiro atoms. The van der Waals surface area contributed by atoms with Gasteiger partial charge in [0.2, 0.25) is 0 Å². The Balaban J connectivity index is 1.24. The predicted octanol–water partition coefficient (Wildman–Crippen LogP) is 7.36. The molecule has 5 rings (SSSR count). The van der Waals surface area contributed by atoms with Crippen LogP contribution in [-0.2, 0) is 11.2 Å². The number of amides is 1. The highest BCUT2D eigenvalue weighted by Gasteiger charge is 2.46. The van der Waals surface area contributed by atoms with Gasteiger partial charge < -0.3 is 9.64 Å². The Morgan fingerprint density at radius 1 is 1.15 bits per heavy atom.